The molecule has 0 aromatic heterocycles. The second-order valence-electron chi connectivity index (χ2n) is 17.2. The van der Waals surface area contributed by atoms with Crippen molar-refractivity contribution in [3.05, 3.63) is 134 Å². The van der Waals surface area contributed by atoms with Crippen LogP contribution in [0.1, 0.15) is 188 Å². The van der Waals surface area contributed by atoms with E-state index in [0.29, 0.717) is 25.7 Å². The number of rotatable bonds is 48. The van der Waals surface area contributed by atoms with Crippen LogP contribution in [-0.4, -0.2) is 66.5 Å². The Kier molecular flexibility index (Phi) is 49.7. The Morgan fingerprint density at radius 3 is 1.11 bits per heavy atom. The van der Waals surface area contributed by atoms with Gasteiger partial charge in [0.25, 0.3) is 0 Å². The van der Waals surface area contributed by atoms with Gasteiger partial charge in [-0.3, -0.25) is 23.4 Å². The maximum absolute atomic E-state index is 12.9. The molecule has 0 radical (unpaired) electrons. The van der Waals surface area contributed by atoms with E-state index in [1.54, 1.807) is 0 Å². The molecule has 0 amide bonds. The SMILES string of the molecule is CC/C=C\C/C=C\C/C=C\C/C=C\C/C=C\CCCC(=O)OC(COC(=O)CCCCCCC/C=C\C/C=C\C/C=C\CC)COP(=O)(O)OCC(CO)OC(=O)CCCCC/C=C\C/C=C\C/C=C\CC. The second-order valence-corrected chi connectivity index (χ2v) is 18.7. The predicted molar refractivity (Wildman–Crippen MR) is 297 cm³/mol. The largest absolute Gasteiger partial charge is 0.472 e. The van der Waals surface area contributed by atoms with Gasteiger partial charge >= 0.3 is 25.7 Å². The zero-order valence-electron chi connectivity index (χ0n) is 44.6. The maximum atomic E-state index is 12.9. The third kappa shape index (κ3) is 50.6. The van der Waals surface area contributed by atoms with E-state index in [-0.39, 0.29) is 25.9 Å². The zero-order valence-corrected chi connectivity index (χ0v) is 45.5. The van der Waals surface area contributed by atoms with Crippen LogP contribution in [0.15, 0.2) is 134 Å². The highest BCUT2D eigenvalue weighted by molar-refractivity contribution is 7.47. The summed E-state index contributed by atoms with van der Waals surface area (Å²) >= 11 is 0. The van der Waals surface area contributed by atoms with Crippen molar-refractivity contribution in [2.75, 3.05) is 26.4 Å². The quantitative estimate of drug-likeness (QED) is 0.0197. The van der Waals surface area contributed by atoms with Crippen LogP contribution in [0.25, 0.3) is 0 Å². The van der Waals surface area contributed by atoms with Crippen molar-refractivity contribution in [2.45, 2.75) is 200 Å². The second kappa shape index (κ2) is 52.9. The van der Waals surface area contributed by atoms with Crippen molar-refractivity contribution in [2.24, 2.45) is 0 Å². The number of hydrogen-bond acceptors (Lipinski definition) is 10. The van der Waals surface area contributed by atoms with Gasteiger partial charge in [-0.05, 0) is 122 Å². The monoisotopic (exact) mass is 1020 g/mol. The summed E-state index contributed by atoms with van der Waals surface area (Å²) in [6.45, 7) is 4.15. The molecule has 0 fully saturated rings. The van der Waals surface area contributed by atoms with Crippen molar-refractivity contribution in [3.8, 4) is 0 Å². The maximum Gasteiger partial charge on any atom is 0.472 e. The van der Waals surface area contributed by atoms with Gasteiger partial charge in [0, 0.05) is 19.3 Å². The number of phosphoric acid groups is 1. The standard InChI is InChI=1S/C60H95O11P/c1-4-7-10-13-16-19-22-25-27-28-30-33-36-39-42-45-48-51-60(64)71-57(53-67-58(62)49-46-43-40-37-34-32-29-26-23-20-17-14-11-8-5-2)55-69-72(65,66)68-54-56(52-61)70-59(63)50-47-44-41-38-35-31-24-21-18-15-12-9-6-3/h7-12,16-21,25-27,29-31,33,35,39,42,56-57,61H,4-6,13-15,22-24,28,32,34,36-38,40-41,43-55H2,1-3H3,(H,65,66)/b10-7-,11-8-,12-9-,19-16-,20-17-,21-18-,27-25-,29-26-,33-30-,35-31-,42-39-. The molecule has 0 heterocycles. The molecule has 0 aromatic rings. The molecule has 0 spiro atoms. The van der Waals surface area contributed by atoms with E-state index >= 15 is 0 Å². The van der Waals surface area contributed by atoms with Gasteiger partial charge in [-0.1, -0.05) is 180 Å². The normalized spacial score (nSPS) is 14.5. The Hall–Kier alpha value is -4.38. The molecular formula is C60H95O11P. The summed E-state index contributed by atoms with van der Waals surface area (Å²) in [4.78, 5) is 48.4. The number of allylic oxidation sites excluding steroid dienone is 22. The zero-order chi connectivity index (χ0) is 52.7. The highest BCUT2D eigenvalue weighted by Crippen LogP contribution is 2.43. The van der Waals surface area contributed by atoms with E-state index in [1.807, 2.05) is 12.2 Å². The van der Waals surface area contributed by atoms with Crippen LogP contribution < -0.4 is 0 Å². The molecule has 0 aliphatic heterocycles. The molecule has 406 valence electrons. The lowest BCUT2D eigenvalue weighted by atomic mass is 10.1. The minimum atomic E-state index is -4.78. The highest BCUT2D eigenvalue weighted by atomic mass is 31.2. The van der Waals surface area contributed by atoms with E-state index in [2.05, 4.69) is 142 Å². The van der Waals surface area contributed by atoms with Gasteiger partial charge in [-0.15, -0.1) is 0 Å². The van der Waals surface area contributed by atoms with Crippen molar-refractivity contribution >= 4 is 25.7 Å². The number of carbonyl (C=O) groups is 3. The van der Waals surface area contributed by atoms with Crippen molar-refractivity contribution < 1.29 is 52.2 Å². The van der Waals surface area contributed by atoms with Gasteiger partial charge < -0.3 is 24.2 Å². The van der Waals surface area contributed by atoms with Crippen LogP contribution in [0, 0.1) is 0 Å². The van der Waals surface area contributed by atoms with Gasteiger partial charge in [0.2, 0.25) is 0 Å². The Balaban J connectivity index is 4.91. The summed E-state index contributed by atoms with van der Waals surface area (Å²) in [5.74, 6) is -1.61. The lowest BCUT2D eigenvalue weighted by Crippen LogP contribution is -2.30. The van der Waals surface area contributed by atoms with E-state index in [9.17, 15) is 28.9 Å². The minimum absolute atomic E-state index is 0.0753. The molecule has 2 N–H and O–H groups in total. The summed E-state index contributed by atoms with van der Waals surface area (Å²) in [6, 6.07) is 0. The summed E-state index contributed by atoms with van der Waals surface area (Å²) in [5, 5.41) is 9.78. The fourth-order valence-corrected chi connectivity index (χ4v) is 7.32. The Labute approximate surface area is 436 Å². The van der Waals surface area contributed by atoms with E-state index in [0.717, 1.165) is 122 Å². The van der Waals surface area contributed by atoms with Crippen LogP contribution >= 0.6 is 7.82 Å². The number of aliphatic hydroxyl groups is 1. The summed E-state index contributed by atoms with van der Waals surface area (Å²) in [6.07, 6.45) is 65.7. The molecule has 3 unspecified atom stereocenters. The highest BCUT2D eigenvalue weighted by Gasteiger charge is 2.28. The van der Waals surface area contributed by atoms with Crippen molar-refractivity contribution in [1.82, 2.24) is 0 Å². The van der Waals surface area contributed by atoms with E-state index in [1.165, 1.54) is 0 Å². The van der Waals surface area contributed by atoms with Gasteiger partial charge in [-0.25, -0.2) is 4.57 Å². The van der Waals surface area contributed by atoms with Crippen LogP contribution in [0.3, 0.4) is 0 Å². The first-order chi connectivity index (χ1) is 35.2. The summed E-state index contributed by atoms with van der Waals surface area (Å²) in [5.41, 5.74) is 0. The molecule has 0 saturated heterocycles. The van der Waals surface area contributed by atoms with Crippen molar-refractivity contribution in [1.29, 1.82) is 0 Å². The average Bonchev–Trinajstić information content (AvgIpc) is 3.37. The van der Waals surface area contributed by atoms with Crippen LogP contribution in [0.5, 0.6) is 0 Å². The van der Waals surface area contributed by atoms with Crippen LogP contribution in [-0.2, 0) is 42.2 Å². The lowest BCUT2D eigenvalue weighted by Gasteiger charge is -2.21. The molecule has 0 saturated carbocycles. The van der Waals surface area contributed by atoms with Gasteiger partial charge in [-0.2, -0.15) is 0 Å². The molecule has 3 atom stereocenters. The average molecular weight is 1020 g/mol. The Morgan fingerprint density at radius 2 is 0.694 bits per heavy atom. The first-order valence-corrected chi connectivity index (χ1v) is 28.6. The van der Waals surface area contributed by atoms with E-state index in [4.69, 9.17) is 23.3 Å². The molecule has 12 heteroatoms. The van der Waals surface area contributed by atoms with E-state index < -0.39 is 57.8 Å². The molecule has 0 rings (SSSR count). The van der Waals surface area contributed by atoms with Crippen LogP contribution in [0.4, 0.5) is 0 Å². The van der Waals surface area contributed by atoms with Crippen molar-refractivity contribution in [3.63, 3.8) is 0 Å². The number of phosphoric ester groups is 1. The first kappa shape index (κ1) is 67.6. The molecule has 0 aromatic carbocycles. The smallest absolute Gasteiger partial charge is 0.462 e. The molecule has 72 heavy (non-hydrogen) atoms. The molecular weight excluding hydrogens is 928 g/mol. The number of ether oxygens (including phenoxy) is 3. The fraction of sp³-hybridized carbons (Fsp3) is 0.583. The van der Waals surface area contributed by atoms with Gasteiger partial charge in [0.15, 0.2) is 6.10 Å². The molecule has 11 nitrogen and oxygen atoms in total. The minimum Gasteiger partial charge on any atom is -0.462 e. The lowest BCUT2D eigenvalue weighted by molar-refractivity contribution is -0.161. The van der Waals surface area contributed by atoms with Gasteiger partial charge in [0.05, 0.1) is 19.8 Å². The molecule has 0 bridgehead atoms. The number of esters is 3. The molecule has 0 aliphatic carbocycles. The Bertz CT molecular complexity index is 1710. The number of aliphatic hydroxyl groups excluding tert-OH is 1. The topological polar surface area (TPSA) is 155 Å². The third-order valence-corrected chi connectivity index (χ3v) is 11.5. The number of unbranched alkanes of at least 4 members (excludes halogenated alkanes) is 9. The number of hydrogen-bond donors (Lipinski definition) is 2. The Morgan fingerprint density at radius 1 is 0.389 bits per heavy atom. The number of carbonyl (C=O) groups excluding carboxylic acids is 3. The summed E-state index contributed by atoms with van der Waals surface area (Å²) < 4.78 is 39.3. The predicted octanol–water partition coefficient (Wildman–Crippen LogP) is 15.8. The fourth-order valence-electron chi connectivity index (χ4n) is 6.54. The first-order valence-electron chi connectivity index (χ1n) is 27.1. The third-order valence-electron chi connectivity index (χ3n) is 10.6. The summed E-state index contributed by atoms with van der Waals surface area (Å²) in [7, 11) is -4.78. The molecule has 0 aliphatic rings. The van der Waals surface area contributed by atoms with Gasteiger partial charge in [0.1, 0.15) is 12.7 Å². The van der Waals surface area contributed by atoms with Crippen LogP contribution in [0.2, 0.25) is 0 Å².